The molecule has 0 saturated carbocycles. The molecule has 4 nitrogen and oxygen atoms in total. The summed E-state index contributed by atoms with van der Waals surface area (Å²) in [7, 11) is 0. The van der Waals surface area contributed by atoms with Crippen molar-refractivity contribution in [3.05, 3.63) is 36.4 Å². The minimum Gasteiger partial charge on any atom is -0.492 e. The molecule has 0 atom stereocenters. The van der Waals surface area contributed by atoms with Crippen LogP contribution in [0.5, 0.6) is 11.5 Å². The molecule has 1 aromatic heterocycles. The number of ether oxygens (including phenoxy) is 2. The van der Waals surface area contributed by atoms with Crippen LogP contribution >= 0.6 is 11.3 Å². The van der Waals surface area contributed by atoms with Crippen LogP contribution in [0.3, 0.4) is 0 Å². The third-order valence-corrected chi connectivity index (χ3v) is 5.16. The van der Waals surface area contributed by atoms with Crippen molar-refractivity contribution in [2.75, 3.05) is 39.4 Å². The first-order valence-electron chi connectivity index (χ1n) is 8.95. The van der Waals surface area contributed by atoms with Gasteiger partial charge in [-0.2, -0.15) is 0 Å². The molecule has 1 heterocycles. The molecular formula is C20H26N2O2S. The summed E-state index contributed by atoms with van der Waals surface area (Å²) < 4.78 is 14.3. The van der Waals surface area contributed by atoms with E-state index in [0.29, 0.717) is 13.2 Å². The molecule has 0 aliphatic rings. The molecule has 0 fully saturated rings. The number of hydrogen-bond acceptors (Lipinski definition) is 5. The molecular weight excluding hydrogens is 332 g/mol. The third-order valence-electron chi connectivity index (χ3n) is 4.01. The summed E-state index contributed by atoms with van der Waals surface area (Å²) in [6.07, 6.45) is 0. The summed E-state index contributed by atoms with van der Waals surface area (Å²) in [6.45, 7) is 9.22. The van der Waals surface area contributed by atoms with Crippen molar-refractivity contribution in [1.29, 1.82) is 0 Å². The first kappa shape index (κ1) is 18.0. The van der Waals surface area contributed by atoms with Crippen LogP contribution in [0, 0.1) is 0 Å². The van der Waals surface area contributed by atoms with Gasteiger partial charge in [0.15, 0.2) is 0 Å². The fourth-order valence-electron chi connectivity index (χ4n) is 2.75. The Balaban J connectivity index is 1.77. The van der Waals surface area contributed by atoms with Crippen molar-refractivity contribution >= 4 is 31.5 Å². The van der Waals surface area contributed by atoms with E-state index in [4.69, 9.17) is 9.47 Å². The van der Waals surface area contributed by atoms with Crippen molar-refractivity contribution in [2.45, 2.75) is 13.8 Å². The van der Waals surface area contributed by atoms with Gasteiger partial charge in [0.05, 0.1) is 0 Å². The Morgan fingerprint density at radius 1 is 0.760 bits per heavy atom. The summed E-state index contributed by atoms with van der Waals surface area (Å²) in [5.41, 5.74) is 0. The van der Waals surface area contributed by atoms with Gasteiger partial charge in [0.1, 0.15) is 24.7 Å². The summed E-state index contributed by atoms with van der Waals surface area (Å²) in [6, 6.07) is 12.7. The molecule has 0 aliphatic heterocycles. The summed E-state index contributed by atoms with van der Waals surface area (Å²) in [5.74, 6) is 1.84. The van der Waals surface area contributed by atoms with Gasteiger partial charge >= 0.3 is 0 Å². The predicted molar refractivity (Wildman–Crippen MR) is 107 cm³/mol. The van der Waals surface area contributed by atoms with Gasteiger partial charge in [0, 0.05) is 33.3 Å². The maximum Gasteiger partial charge on any atom is 0.120 e. The Morgan fingerprint density at radius 3 is 1.68 bits per heavy atom. The SMILES string of the molecule is CCNCCOc1ccc2sc3ccc(OCCNCC)cc3c2c1. The number of benzene rings is 2. The second-order valence-electron chi connectivity index (χ2n) is 5.82. The summed E-state index contributed by atoms with van der Waals surface area (Å²) >= 11 is 1.81. The number of fused-ring (bicyclic) bond motifs is 3. The minimum atomic E-state index is 0.681. The van der Waals surface area contributed by atoms with Crippen molar-refractivity contribution < 1.29 is 9.47 Å². The fourth-order valence-corrected chi connectivity index (χ4v) is 3.82. The van der Waals surface area contributed by atoms with Crippen LogP contribution in [0.25, 0.3) is 20.2 Å². The Labute approximate surface area is 153 Å². The van der Waals surface area contributed by atoms with E-state index in [0.717, 1.165) is 37.7 Å². The van der Waals surface area contributed by atoms with Crippen LogP contribution in [0.1, 0.15) is 13.8 Å². The van der Waals surface area contributed by atoms with Crippen molar-refractivity contribution in [1.82, 2.24) is 10.6 Å². The molecule has 5 heteroatoms. The zero-order valence-electron chi connectivity index (χ0n) is 14.9. The molecule has 0 spiro atoms. The van der Waals surface area contributed by atoms with Gasteiger partial charge in [-0.3, -0.25) is 0 Å². The van der Waals surface area contributed by atoms with Crippen molar-refractivity contribution in [2.24, 2.45) is 0 Å². The van der Waals surface area contributed by atoms with Gasteiger partial charge in [-0.15, -0.1) is 11.3 Å². The highest BCUT2D eigenvalue weighted by atomic mass is 32.1. The Bertz CT molecular complexity index is 750. The maximum absolute atomic E-state index is 5.86. The first-order chi connectivity index (χ1) is 12.3. The molecule has 0 unspecified atom stereocenters. The Hall–Kier alpha value is -1.82. The zero-order valence-corrected chi connectivity index (χ0v) is 15.7. The highest BCUT2D eigenvalue weighted by Crippen LogP contribution is 2.37. The van der Waals surface area contributed by atoms with Gasteiger partial charge in [-0.1, -0.05) is 13.8 Å². The van der Waals surface area contributed by atoms with E-state index in [2.05, 4.69) is 60.9 Å². The van der Waals surface area contributed by atoms with Crippen LogP contribution < -0.4 is 20.1 Å². The van der Waals surface area contributed by atoms with Crippen molar-refractivity contribution in [3.8, 4) is 11.5 Å². The van der Waals surface area contributed by atoms with Gasteiger partial charge in [-0.25, -0.2) is 0 Å². The standard InChI is InChI=1S/C20H26N2O2S/c1-3-21-9-11-23-15-5-7-19-17(13-15)18-14-16(6-8-20(18)25-19)24-12-10-22-4-2/h5-8,13-14,21-22H,3-4,9-12H2,1-2H3. The van der Waals surface area contributed by atoms with E-state index < -0.39 is 0 Å². The number of rotatable bonds is 10. The van der Waals surface area contributed by atoms with E-state index in [-0.39, 0.29) is 0 Å². The van der Waals surface area contributed by atoms with Crippen molar-refractivity contribution in [3.63, 3.8) is 0 Å². The maximum atomic E-state index is 5.86. The topological polar surface area (TPSA) is 42.5 Å². The monoisotopic (exact) mass is 358 g/mol. The molecule has 0 radical (unpaired) electrons. The lowest BCUT2D eigenvalue weighted by Gasteiger charge is -2.07. The fraction of sp³-hybridized carbons (Fsp3) is 0.400. The molecule has 25 heavy (non-hydrogen) atoms. The van der Waals surface area contributed by atoms with Gasteiger partial charge in [-0.05, 0) is 49.5 Å². The molecule has 3 aromatic rings. The molecule has 2 N–H and O–H groups in total. The lowest BCUT2D eigenvalue weighted by atomic mass is 10.1. The van der Waals surface area contributed by atoms with Gasteiger partial charge in [0.2, 0.25) is 0 Å². The molecule has 3 rings (SSSR count). The lowest BCUT2D eigenvalue weighted by Crippen LogP contribution is -2.20. The molecule has 0 aliphatic carbocycles. The van der Waals surface area contributed by atoms with E-state index in [9.17, 15) is 0 Å². The average molecular weight is 359 g/mol. The number of likely N-dealkylation sites (N-methyl/N-ethyl adjacent to an activating group) is 2. The normalized spacial score (nSPS) is 11.3. The number of hydrogen-bond donors (Lipinski definition) is 2. The summed E-state index contributed by atoms with van der Waals surface area (Å²) in [5, 5.41) is 9.01. The highest BCUT2D eigenvalue weighted by Gasteiger charge is 2.08. The van der Waals surface area contributed by atoms with Crippen LogP contribution in [-0.4, -0.2) is 39.4 Å². The van der Waals surface area contributed by atoms with Crippen LogP contribution in [0.4, 0.5) is 0 Å². The Kier molecular flexibility index (Phi) is 6.50. The van der Waals surface area contributed by atoms with Crippen LogP contribution in [0.2, 0.25) is 0 Å². The first-order valence-corrected chi connectivity index (χ1v) is 9.76. The quantitative estimate of drug-likeness (QED) is 0.537. The van der Waals surface area contributed by atoms with Crippen LogP contribution in [-0.2, 0) is 0 Å². The van der Waals surface area contributed by atoms with Crippen LogP contribution in [0.15, 0.2) is 36.4 Å². The van der Waals surface area contributed by atoms with E-state index in [1.54, 1.807) is 0 Å². The molecule has 0 bridgehead atoms. The minimum absolute atomic E-state index is 0.681. The zero-order chi connectivity index (χ0) is 17.5. The van der Waals surface area contributed by atoms with E-state index in [1.165, 1.54) is 20.2 Å². The molecule has 134 valence electrons. The highest BCUT2D eigenvalue weighted by molar-refractivity contribution is 7.25. The average Bonchev–Trinajstić information content (AvgIpc) is 3.00. The van der Waals surface area contributed by atoms with Gasteiger partial charge in [0.25, 0.3) is 0 Å². The van der Waals surface area contributed by atoms with E-state index in [1.807, 2.05) is 11.3 Å². The summed E-state index contributed by atoms with van der Waals surface area (Å²) in [4.78, 5) is 0. The largest absolute Gasteiger partial charge is 0.492 e. The second kappa shape index (κ2) is 9.04. The second-order valence-corrected chi connectivity index (χ2v) is 6.91. The van der Waals surface area contributed by atoms with E-state index >= 15 is 0 Å². The Morgan fingerprint density at radius 2 is 1.24 bits per heavy atom. The predicted octanol–water partition coefficient (Wildman–Crippen LogP) is 4.03. The molecule has 0 saturated heterocycles. The number of nitrogens with one attached hydrogen (secondary N) is 2. The number of thiophene rings is 1. The smallest absolute Gasteiger partial charge is 0.120 e. The lowest BCUT2D eigenvalue weighted by molar-refractivity contribution is 0.315. The van der Waals surface area contributed by atoms with Gasteiger partial charge < -0.3 is 20.1 Å². The molecule has 2 aromatic carbocycles. The molecule has 0 amide bonds. The third kappa shape index (κ3) is 4.63.